The molecule has 0 saturated carbocycles. The number of aromatic hydroxyl groups is 1. The third kappa shape index (κ3) is 3.72. The van der Waals surface area contributed by atoms with E-state index in [0.29, 0.717) is 16.5 Å². The maximum absolute atomic E-state index is 11.8. The third-order valence-corrected chi connectivity index (χ3v) is 2.95. The number of carbonyl (C=O) groups excluding carboxylic acids is 1. The number of hydrogen-bond donors (Lipinski definition) is 2. The van der Waals surface area contributed by atoms with Gasteiger partial charge in [0.25, 0.3) is 5.69 Å². The molecule has 0 heterocycles. The van der Waals surface area contributed by atoms with Crippen molar-refractivity contribution in [3.63, 3.8) is 0 Å². The van der Waals surface area contributed by atoms with E-state index in [9.17, 15) is 20.0 Å². The van der Waals surface area contributed by atoms with E-state index in [-0.39, 0.29) is 23.3 Å². The van der Waals surface area contributed by atoms with Gasteiger partial charge in [0.05, 0.1) is 11.0 Å². The van der Waals surface area contributed by atoms with Crippen LogP contribution < -0.4 is 5.32 Å². The summed E-state index contributed by atoms with van der Waals surface area (Å²) in [5.74, 6) is -0.587. The number of rotatable bonds is 3. The highest BCUT2D eigenvalue weighted by atomic mass is 16.6. The zero-order valence-electron chi connectivity index (χ0n) is 13.1. The number of nitrogens with zero attached hydrogens (tertiary/aromatic N) is 1. The first-order valence-electron chi connectivity index (χ1n) is 7.11. The molecule has 1 amide bonds. The lowest BCUT2D eigenvalue weighted by atomic mass is 10.1. The largest absolute Gasteiger partial charge is 0.507 e. The Bertz CT molecular complexity index is 696. The summed E-state index contributed by atoms with van der Waals surface area (Å²) in [6.07, 6.45) is 0. The van der Waals surface area contributed by atoms with Gasteiger partial charge >= 0.3 is 0 Å². The lowest BCUT2D eigenvalue weighted by Gasteiger charge is -2.11. The fourth-order valence-electron chi connectivity index (χ4n) is 1.84. The summed E-state index contributed by atoms with van der Waals surface area (Å²) in [5.41, 5.74) is 0.224. The molecule has 2 N–H and O–H groups in total. The zero-order valence-corrected chi connectivity index (χ0v) is 13.1. The Morgan fingerprint density at radius 2 is 1.86 bits per heavy atom. The van der Waals surface area contributed by atoms with Crippen molar-refractivity contribution in [2.75, 3.05) is 5.32 Å². The molecule has 22 heavy (non-hydrogen) atoms. The molecule has 0 aliphatic carbocycles. The Morgan fingerprint density at radius 1 is 1.23 bits per heavy atom. The molecular weight excluding hydrogens is 284 g/mol. The van der Waals surface area contributed by atoms with Gasteiger partial charge in [-0.1, -0.05) is 39.8 Å². The van der Waals surface area contributed by atoms with Crippen LogP contribution in [0.4, 0.5) is 11.4 Å². The fourth-order valence-corrected chi connectivity index (χ4v) is 1.84. The first-order valence-corrected chi connectivity index (χ1v) is 7.11. The van der Waals surface area contributed by atoms with Crippen molar-refractivity contribution in [1.82, 2.24) is 0 Å². The lowest BCUT2D eigenvalue weighted by molar-refractivity contribution is -0.384. The zero-order chi connectivity index (χ0) is 16.9. The van der Waals surface area contributed by atoms with E-state index >= 15 is 0 Å². The predicted octanol–water partition coefficient (Wildman–Crippen LogP) is 4.07. The molecule has 0 fully saturated rings. The third-order valence-electron chi connectivity index (χ3n) is 2.95. The number of phenols is 1. The second kappa shape index (κ2) is 7.40. The molecule has 6 nitrogen and oxygen atoms in total. The lowest BCUT2D eigenvalue weighted by Crippen LogP contribution is -2.17. The minimum atomic E-state index is -0.583. The number of non-ortho nitro benzene ring substituents is 1. The molecule has 2 rings (SSSR count). The van der Waals surface area contributed by atoms with E-state index < -0.39 is 4.92 Å². The molecule has 2 aromatic carbocycles. The number of fused-ring (bicyclic) bond motifs is 1. The van der Waals surface area contributed by atoms with Crippen molar-refractivity contribution >= 4 is 28.1 Å². The molecule has 0 atom stereocenters. The van der Waals surface area contributed by atoms with Gasteiger partial charge in [0.15, 0.2) is 0 Å². The standard InChI is InChI=1S/C14H14N2O4.C2H6/c1-8(2)14(18)15-12-5-3-4-10-11(12)6-9(16(19)20)7-13(10)17;1-2/h3-8,17H,1-2H3,(H,15,18);1-2H3. The highest BCUT2D eigenvalue weighted by molar-refractivity contribution is 6.05. The molecule has 0 aliphatic heterocycles. The van der Waals surface area contributed by atoms with E-state index in [0.717, 1.165) is 6.07 Å². The number of benzene rings is 2. The number of nitro benzene ring substituents is 1. The van der Waals surface area contributed by atoms with Crippen LogP contribution in [0.1, 0.15) is 27.7 Å². The molecule has 0 saturated heterocycles. The van der Waals surface area contributed by atoms with Crippen LogP contribution in [-0.2, 0) is 4.79 Å². The second-order valence-corrected chi connectivity index (χ2v) is 4.77. The van der Waals surface area contributed by atoms with Crippen LogP contribution >= 0.6 is 0 Å². The SMILES string of the molecule is CC.CC(C)C(=O)Nc1cccc2c(O)cc([N+](=O)[O-])cc12. The van der Waals surface area contributed by atoms with Gasteiger partial charge in [-0.15, -0.1) is 0 Å². The van der Waals surface area contributed by atoms with Gasteiger partial charge < -0.3 is 10.4 Å². The summed E-state index contributed by atoms with van der Waals surface area (Å²) < 4.78 is 0. The van der Waals surface area contributed by atoms with Crippen LogP contribution in [0.25, 0.3) is 10.8 Å². The number of amides is 1. The molecular formula is C16H20N2O4. The summed E-state index contributed by atoms with van der Waals surface area (Å²) in [6, 6.07) is 7.39. The van der Waals surface area contributed by atoms with Crippen LogP contribution in [0.3, 0.4) is 0 Å². The first-order chi connectivity index (χ1) is 10.4. The molecule has 0 spiro atoms. The Morgan fingerprint density at radius 3 is 2.41 bits per heavy atom. The predicted molar refractivity (Wildman–Crippen MR) is 87.1 cm³/mol. The normalized spacial score (nSPS) is 10.0. The van der Waals surface area contributed by atoms with Crippen LogP contribution in [0.5, 0.6) is 5.75 Å². The minimum absolute atomic E-state index is 0.185. The molecule has 0 bridgehead atoms. The summed E-state index contributed by atoms with van der Waals surface area (Å²) in [7, 11) is 0. The number of hydrogen-bond acceptors (Lipinski definition) is 4. The topological polar surface area (TPSA) is 92.5 Å². The number of carbonyl (C=O) groups is 1. The van der Waals surface area contributed by atoms with Crippen molar-refractivity contribution in [3.8, 4) is 5.75 Å². The molecule has 0 unspecified atom stereocenters. The minimum Gasteiger partial charge on any atom is -0.507 e. The fraction of sp³-hybridized carbons (Fsp3) is 0.312. The van der Waals surface area contributed by atoms with Crippen molar-refractivity contribution in [1.29, 1.82) is 0 Å². The van der Waals surface area contributed by atoms with Crippen LogP contribution in [0.2, 0.25) is 0 Å². The van der Waals surface area contributed by atoms with Crippen LogP contribution in [-0.4, -0.2) is 15.9 Å². The average molecular weight is 304 g/mol. The van der Waals surface area contributed by atoms with E-state index in [1.165, 1.54) is 6.07 Å². The van der Waals surface area contributed by atoms with Gasteiger partial charge in [-0.05, 0) is 6.07 Å². The summed E-state index contributed by atoms with van der Waals surface area (Å²) >= 11 is 0. The van der Waals surface area contributed by atoms with E-state index in [1.54, 1.807) is 32.0 Å². The number of anilines is 1. The Hall–Kier alpha value is -2.63. The van der Waals surface area contributed by atoms with Gasteiger partial charge in [0, 0.05) is 28.4 Å². The highest BCUT2D eigenvalue weighted by Gasteiger charge is 2.15. The first kappa shape index (κ1) is 17.4. The van der Waals surface area contributed by atoms with Crippen LogP contribution in [0, 0.1) is 16.0 Å². The monoisotopic (exact) mass is 304 g/mol. The summed E-state index contributed by atoms with van der Waals surface area (Å²) in [5, 5.41) is 24.3. The molecule has 2 aromatic rings. The van der Waals surface area contributed by atoms with Crippen molar-refractivity contribution < 1.29 is 14.8 Å². The second-order valence-electron chi connectivity index (χ2n) is 4.77. The maximum Gasteiger partial charge on any atom is 0.273 e. The number of nitrogens with one attached hydrogen (secondary N) is 1. The number of nitro groups is 1. The number of phenolic OH excluding ortho intramolecular Hbond substituents is 1. The van der Waals surface area contributed by atoms with E-state index in [2.05, 4.69) is 5.32 Å². The van der Waals surface area contributed by atoms with Gasteiger partial charge in [-0.3, -0.25) is 14.9 Å². The van der Waals surface area contributed by atoms with Gasteiger partial charge in [0.2, 0.25) is 5.91 Å². The Kier molecular flexibility index (Phi) is 5.86. The van der Waals surface area contributed by atoms with Crippen LogP contribution in [0.15, 0.2) is 30.3 Å². The smallest absolute Gasteiger partial charge is 0.273 e. The molecule has 0 radical (unpaired) electrons. The van der Waals surface area contributed by atoms with Gasteiger partial charge in [0.1, 0.15) is 5.75 Å². The Labute approximate surface area is 128 Å². The summed E-state index contributed by atoms with van der Waals surface area (Å²) in [6.45, 7) is 7.50. The van der Waals surface area contributed by atoms with Crippen molar-refractivity contribution in [2.24, 2.45) is 5.92 Å². The molecule has 118 valence electrons. The summed E-state index contributed by atoms with van der Waals surface area (Å²) in [4.78, 5) is 22.0. The average Bonchev–Trinajstić information content (AvgIpc) is 2.49. The van der Waals surface area contributed by atoms with Crippen molar-refractivity contribution in [2.45, 2.75) is 27.7 Å². The van der Waals surface area contributed by atoms with Crippen molar-refractivity contribution in [3.05, 3.63) is 40.4 Å². The van der Waals surface area contributed by atoms with Gasteiger partial charge in [-0.2, -0.15) is 0 Å². The molecule has 0 aliphatic rings. The molecule has 6 heteroatoms. The molecule has 0 aromatic heterocycles. The highest BCUT2D eigenvalue weighted by Crippen LogP contribution is 2.34. The van der Waals surface area contributed by atoms with E-state index in [4.69, 9.17) is 0 Å². The maximum atomic E-state index is 11.8. The Balaban J connectivity index is 0.00000116. The van der Waals surface area contributed by atoms with E-state index in [1.807, 2.05) is 13.8 Å². The quantitative estimate of drug-likeness (QED) is 0.660. The van der Waals surface area contributed by atoms with Gasteiger partial charge in [-0.25, -0.2) is 0 Å².